The van der Waals surface area contributed by atoms with Gasteiger partial charge in [-0.15, -0.1) is 0 Å². The molecule has 25 heavy (non-hydrogen) atoms. The fourth-order valence-electron chi connectivity index (χ4n) is 2.87. The Kier molecular flexibility index (Phi) is 3.75. The number of para-hydroxylation sites is 2. The number of Topliss-reactive ketones (excluding diaryl/α,β-unsaturated/α-hetero) is 1. The molecule has 0 saturated heterocycles. The lowest BCUT2D eigenvalue weighted by Crippen LogP contribution is -2.13. The highest BCUT2D eigenvalue weighted by Crippen LogP contribution is 2.26. The van der Waals surface area contributed by atoms with Crippen molar-refractivity contribution < 1.29 is 9.21 Å². The number of nitrogens with zero attached hydrogens (tertiary/aromatic N) is 2. The van der Waals surface area contributed by atoms with Crippen molar-refractivity contribution >= 4 is 39.4 Å². The minimum absolute atomic E-state index is 0.110. The summed E-state index contributed by atoms with van der Waals surface area (Å²) < 4.78 is 5.58. The van der Waals surface area contributed by atoms with Gasteiger partial charge in [0.2, 0.25) is 5.89 Å². The maximum Gasteiger partial charge on any atom is 0.220 e. The number of H-pyrrole nitrogens is 1. The SMILES string of the molecule is N#C[C@H](C(=O)Cc1c[nH]c2cc(Cl)ccc12)c1nc2ccccc2o1. The van der Waals surface area contributed by atoms with Crippen LogP contribution < -0.4 is 0 Å². The monoisotopic (exact) mass is 349 g/mol. The van der Waals surface area contributed by atoms with Gasteiger partial charge in [0.1, 0.15) is 5.52 Å². The second-order valence-electron chi connectivity index (χ2n) is 5.73. The third-order valence-corrected chi connectivity index (χ3v) is 4.34. The van der Waals surface area contributed by atoms with Crippen molar-refractivity contribution in [1.82, 2.24) is 9.97 Å². The van der Waals surface area contributed by atoms with E-state index in [0.29, 0.717) is 16.1 Å². The zero-order chi connectivity index (χ0) is 17.4. The van der Waals surface area contributed by atoms with Crippen LogP contribution >= 0.6 is 11.6 Å². The predicted octanol–water partition coefficient (Wildman–Crippen LogP) is 4.38. The molecule has 0 aliphatic carbocycles. The van der Waals surface area contributed by atoms with Crippen LogP contribution in [0.1, 0.15) is 17.4 Å². The first-order chi connectivity index (χ1) is 12.2. The van der Waals surface area contributed by atoms with Gasteiger partial charge in [-0.3, -0.25) is 4.79 Å². The first-order valence-electron chi connectivity index (χ1n) is 7.69. The number of carbonyl (C=O) groups excluding carboxylic acids is 1. The molecule has 0 fully saturated rings. The summed E-state index contributed by atoms with van der Waals surface area (Å²) in [4.78, 5) is 20.0. The average molecular weight is 350 g/mol. The molecular weight excluding hydrogens is 338 g/mol. The van der Waals surface area contributed by atoms with Gasteiger partial charge in [0.05, 0.1) is 6.07 Å². The molecule has 2 heterocycles. The van der Waals surface area contributed by atoms with Crippen molar-refractivity contribution in [3.63, 3.8) is 0 Å². The van der Waals surface area contributed by atoms with Crippen molar-refractivity contribution in [2.45, 2.75) is 12.3 Å². The van der Waals surface area contributed by atoms with E-state index in [9.17, 15) is 10.1 Å². The van der Waals surface area contributed by atoms with Crippen LogP contribution in [0, 0.1) is 11.3 Å². The molecule has 2 aromatic heterocycles. The highest BCUT2D eigenvalue weighted by molar-refractivity contribution is 6.31. The molecular formula is C19H12ClN3O2. The lowest BCUT2D eigenvalue weighted by Gasteiger charge is -2.03. The first-order valence-corrected chi connectivity index (χ1v) is 8.07. The van der Waals surface area contributed by atoms with Gasteiger partial charge in [-0.25, -0.2) is 4.98 Å². The number of halogens is 1. The molecule has 2 aromatic carbocycles. The highest BCUT2D eigenvalue weighted by Gasteiger charge is 2.26. The van der Waals surface area contributed by atoms with Gasteiger partial charge < -0.3 is 9.40 Å². The Balaban J connectivity index is 1.65. The molecule has 6 heteroatoms. The number of nitriles is 1. The zero-order valence-corrected chi connectivity index (χ0v) is 13.7. The lowest BCUT2D eigenvalue weighted by molar-refractivity contribution is -0.119. The topological polar surface area (TPSA) is 82.7 Å². The van der Waals surface area contributed by atoms with Crippen LogP contribution in [-0.4, -0.2) is 15.8 Å². The molecule has 1 N–H and O–H groups in total. The molecule has 4 aromatic rings. The highest BCUT2D eigenvalue weighted by atomic mass is 35.5. The smallest absolute Gasteiger partial charge is 0.220 e. The molecule has 1 atom stereocenters. The lowest BCUT2D eigenvalue weighted by atomic mass is 9.98. The molecule has 122 valence electrons. The average Bonchev–Trinajstić information content (AvgIpc) is 3.19. The maximum absolute atomic E-state index is 12.7. The summed E-state index contributed by atoms with van der Waals surface area (Å²) in [6.45, 7) is 0. The fraction of sp³-hybridized carbons (Fsp3) is 0.105. The number of nitrogens with one attached hydrogen (secondary N) is 1. The van der Waals surface area contributed by atoms with Gasteiger partial charge in [0.25, 0.3) is 0 Å². The number of carbonyl (C=O) groups is 1. The van der Waals surface area contributed by atoms with Crippen molar-refractivity contribution in [2.75, 3.05) is 0 Å². The number of aromatic amines is 1. The van der Waals surface area contributed by atoms with E-state index in [0.717, 1.165) is 16.5 Å². The molecule has 0 bridgehead atoms. The van der Waals surface area contributed by atoms with Crippen LogP contribution in [0.15, 0.2) is 53.1 Å². The van der Waals surface area contributed by atoms with E-state index in [4.69, 9.17) is 16.0 Å². The second-order valence-corrected chi connectivity index (χ2v) is 6.17. The first kappa shape index (κ1) is 15.4. The van der Waals surface area contributed by atoms with Crippen molar-refractivity contribution in [3.8, 4) is 6.07 Å². The van der Waals surface area contributed by atoms with E-state index < -0.39 is 5.92 Å². The van der Waals surface area contributed by atoms with E-state index >= 15 is 0 Å². The Morgan fingerprint density at radius 3 is 2.96 bits per heavy atom. The van der Waals surface area contributed by atoms with Gasteiger partial charge in [-0.2, -0.15) is 5.26 Å². The van der Waals surface area contributed by atoms with E-state index in [1.807, 2.05) is 24.3 Å². The van der Waals surface area contributed by atoms with E-state index in [2.05, 4.69) is 9.97 Å². The number of benzene rings is 2. The van der Waals surface area contributed by atoms with Crippen LogP contribution in [0.2, 0.25) is 5.02 Å². The van der Waals surface area contributed by atoms with E-state index in [1.165, 1.54) is 0 Å². The van der Waals surface area contributed by atoms with Crippen LogP contribution in [0.4, 0.5) is 0 Å². The minimum Gasteiger partial charge on any atom is -0.439 e. The van der Waals surface area contributed by atoms with Gasteiger partial charge in [0, 0.05) is 28.5 Å². The third kappa shape index (κ3) is 2.77. The van der Waals surface area contributed by atoms with Crippen LogP contribution in [0.25, 0.3) is 22.0 Å². The molecule has 4 rings (SSSR count). The minimum atomic E-state index is -1.04. The Morgan fingerprint density at radius 2 is 2.16 bits per heavy atom. The van der Waals surface area contributed by atoms with Crippen molar-refractivity contribution in [3.05, 3.63) is 65.1 Å². The summed E-state index contributed by atoms with van der Waals surface area (Å²) in [6.07, 6.45) is 1.87. The largest absolute Gasteiger partial charge is 0.439 e. The Morgan fingerprint density at radius 1 is 1.32 bits per heavy atom. The number of rotatable bonds is 4. The number of aromatic nitrogens is 2. The molecule has 0 spiro atoms. The van der Waals surface area contributed by atoms with Crippen molar-refractivity contribution in [2.24, 2.45) is 0 Å². The number of oxazole rings is 1. The standard InChI is InChI=1S/C19H12ClN3O2/c20-12-5-6-13-11(10-22-16(13)8-12)7-17(24)14(9-21)19-23-15-3-1-2-4-18(15)25-19/h1-6,8,10,14,22H,7H2/t14-/m1/s1. The summed E-state index contributed by atoms with van der Waals surface area (Å²) in [5.41, 5.74) is 2.86. The summed E-state index contributed by atoms with van der Waals surface area (Å²) in [5.74, 6) is -1.16. The number of hydrogen-bond acceptors (Lipinski definition) is 4. The molecule has 0 aliphatic heterocycles. The van der Waals surface area contributed by atoms with Crippen molar-refractivity contribution in [1.29, 1.82) is 5.26 Å². The van der Waals surface area contributed by atoms with Crippen LogP contribution in [0.5, 0.6) is 0 Å². The van der Waals surface area contributed by atoms with E-state index in [-0.39, 0.29) is 18.1 Å². The van der Waals surface area contributed by atoms with Crippen LogP contribution in [0.3, 0.4) is 0 Å². The molecule has 5 nitrogen and oxygen atoms in total. The van der Waals surface area contributed by atoms with Gasteiger partial charge in [-0.05, 0) is 29.8 Å². The molecule has 0 unspecified atom stereocenters. The van der Waals surface area contributed by atoms with Gasteiger partial charge in [0.15, 0.2) is 17.3 Å². The summed E-state index contributed by atoms with van der Waals surface area (Å²) in [6, 6.07) is 14.6. The number of hydrogen-bond donors (Lipinski definition) is 1. The maximum atomic E-state index is 12.7. The Hall–Kier alpha value is -3.10. The Bertz CT molecular complexity index is 1100. The number of ketones is 1. The molecule has 0 amide bonds. The van der Waals surface area contributed by atoms with Gasteiger partial charge in [-0.1, -0.05) is 29.8 Å². The molecule has 0 aliphatic rings. The molecule has 0 radical (unpaired) electrons. The van der Waals surface area contributed by atoms with Crippen LogP contribution in [-0.2, 0) is 11.2 Å². The summed E-state index contributed by atoms with van der Waals surface area (Å²) >= 11 is 5.97. The Labute approximate surface area is 147 Å². The summed E-state index contributed by atoms with van der Waals surface area (Å²) in [5, 5.41) is 11.0. The van der Waals surface area contributed by atoms with Gasteiger partial charge >= 0.3 is 0 Å². The third-order valence-electron chi connectivity index (χ3n) is 4.10. The summed E-state index contributed by atoms with van der Waals surface area (Å²) in [7, 11) is 0. The number of fused-ring (bicyclic) bond motifs is 2. The second kappa shape index (κ2) is 6.08. The quantitative estimate of drug-likeness (QED) is 0.592. The fourth-order valence-corrected chi connectivity index (χ4v) is 3.05. The molecule has 0 saturated carbocycles. The van der Waals surface area contributed by atoms with E-state index in [1.54, 1.807) is 30.5 Å². The predicted molar refractivity (Wildman–Crippen MR) is 94.4 cm³/mol. The zero-order valence-electron chi connectivity index (χ0n) is 13.0. The normalized spacial score (nSPS) is 12.3.